The van der Waals surface area contributed by atoms with Crippen molar-refractivity contribution >= 4 is 28.8 Å². The number of halogens is 4. The van der Waals surface area contributed by atoms with Gasteiger partial charge in [-0.2, -0.15) is 13.2 Å². The van der Waals surface area contributed by atoms with Crippen LogP contribution < -0.4 is 5.32 Å². The molecule has 1 fully saturated rings. The fourth-order valence-corrected chi connectivity index (χ4v) is 5.94. The Morgan fingerprint density at radius 2 is 1.87 bits per heavy atom. The van der Waals surface area contributed by atoms with Gasteiger partial charge in [-0.15, -0.1) is 11.3 Å². The minimum absolute atomic E-state index is 0.205. The minimum atomic E-state index is -4.41. The molecular weight excluding hydrogens is 545 g/mol. The van der Waals surface area contributed by atoms with E-state index in [1.807, 2.05) is 23.1 Å². The summed E-state index contributed by atoms with van der Waals surface area (Å²) in [5.74, 6) is -0.205. The van der Waals surface area contributed by atoms with Crippen LogP contribution in [0.3, 0.4) is 0 Å². The van der Waals surface area contributed by atoms with Crippen molar-refractivity contribution in [2.24, 2.45) is 0 Å². The van der Waals surface area contributed by atoms with Crippen LogP contribution in [0.5, 0.6) is 0 Å². The lowest BCUT2D eigenvalue weighted by Crippen LogP contribution is -2.39. The number of nitrogens with one attached hydrogen (secondary N) is 1. The van der Waals surface area contributed by atoms with Crippen LogP contribution in [0.15, 0.2) is 53.9 Å². The molecular formula is C29H34ClF3N4OS. The quantitative estimate of drug-likeness (QED) is 0.249. The molecule has 3 aromatic rings. The number of piperidine rings is 1. The summed E-state index contributed by atoms with van der Waals surface area (Å²) in [5, 5.41) is 6.02. The highest BCUT2D eigenvalue weighted by molar-refractivity contribution is 7.09. The van der Waals surface area contributed by atoms with E-state index in [-0.39, 0.29) is 12.5 Å². The van der Waals surface area contributed by atoms with Crippen molar-refractivity contribution in [3.63, 3.8) is 0 Å². The monoisotopic (exact) mass is 578 g/mol. The number of thiazole rings is 1. The van der Waals surface area contributed by atoms with Gasteiger partial charge in [-0.05, 0) is 62.1 Å². The third-order valence-electron chi connectivity index (χ3n) is 6.95. The van der Waals surface area contributed by atoms with E-state index in [4.69, 9.17) is 11.6 Å². The summed E-state index contributed by atoms with van der Waals surface area (Å²) >= 11 is 7.53. The van der Waals surface area contributed by atoms with Gasteiger partial charge >= 0.3 is 6.18 Å². The molecule has 39 heavy (non-hydrogen) atoms. The first kappa shape index (κ1) is 29.5. The summed E-state index contributed by atoms with van der Waals surface area (Å²) in [6, 6.07) is 13.3. The lowest BCUT2D eigenvalue weighted by atomic mass is 10.0. The highest BCUT2D eigenvalue weighted by atomic mass is 35.5. The number of aromatic nitrogens is 1. The molecule has 210 valence electrons. The molecule has 2 heterocycles. The molecule has 2 aromatic carbocycles. The molecule has 1 N–H and O–H groups in total. The Hall–Kier alpha value is -2.46. The van der Waals surface area contributed by atoms with Gasteiger partial charge in [-0.25, -0.2) is 4.98 Å². The summed E-state index contributed by atoms with van der Waals surface area (Å²) in [5.41, 5.74) is 1.17. The van der Waals surface area contributed by atoms with E-state index >= 15 is 0 Å². The molecule has 4 rings (SSSR count). The predicted octanol–water partition coefficient (Wildman–Crippen LogP) is 7.01. The summed E-state index contributed by atoms with van der Waals surface area (Å²) in [6.07, 6.45) is 0.238. The van der Waals surface area contributed by atoms with Crippen LogP contribution in [0.1, 0.15) is 64.8 Å². The van der Waals surface area contributed by atoms with E-state index in [9.17, 15) is 18.0 Å². The van der Waals surface area contributed by atoms with E-state index < -0.39 is 11.7 Å². The van der Waals surface area contributed by atoms with Crippen LogP contribution in [-0.2, 0) is 25.8 Å². The van der Waals surface area contributed by atoms with Crippen molar-refractivity contribution in [2.45, 2.75) is 64.5 Å². The van der Waals surface area contributed by atoms with Crippen molar-refractivity contribution in [1.82, 2.24) is 20.1 Å². The van der Waals surface area contributed by atoms with Gasteiger partial charge in [0.15, 0.2) is 0 Å². The van der Waals surface area contributed by atoms with Gasteiger partial charge in [0, 0.05) is 42.6 Å². The van der Waals surface area contributed by atoms with Crippen molar-refractivity contribution in [2.75, 3.05) is 19.6 Å². The molecule has 1 aliphatic heterocycles. The first-order valence-electron chi connectivity index (χ1n) is 13.3. The van der Waals surface area contributed by atoms with E-state index in [0.717, 1.165) is 36.1 Å². The van der Waals surface area contributed by atoms with Gasteiger partial charge in [0.05, 0.1) is 12.1 Å². The summed E-state index contributed by atoms with van der Waals surface area (Å²) in [4.78, 5) is 21.7. The molecule has 1 amide bonds. The number of benzene rings is 2. The number of amides is 1. The topological polar surface area (TPSA) is 48.5 Å². The van der Waals surface area contributed by atoms with E-state index in [0.29, 0.717) is 42.0 Å². The largest absolute Gasteiger partial charge is 0.416 e. The SMILES string of the molecule is CC1CCCCN1CCCNC(=O)c1csc(CN(Cc2cccc(Cl)c2)Cc2cccc(C(F)(F)F)c2)n1. The van der Waals surface area contributed by atoms with Crippen LogP contribution in [0.2, 0.25) is 5.02 Å². The van der Waals surface area contributed by atoms with Crippen LogP contribution in [0.25, 0.3) is 0 Å². The second-order valence-electron chi connectivity index (χ2n) is 10.1. The number of rotatable bonds is 11. The molecule has 0 saturated carbocycles. The van der Waals surface area contributed by atoms with Gasteiger partial charge < -0.3 is 10.2 Å². The van der Waals surface area contributed by atoms with Crippen LogP contribution in [0.4, 0.5) is 13.2 Å². The zero-order valence-corrected chi connectivity index (χ0v) is 23.6. The first-order valence-corrected chi connectivity index (χ1v) is 14.5. The summed E-state index contributed by atoms with van der Waals surface area (Å²) < 4.78 is 39.8. The van der Waals surface area contributed by atoms with Crippen LogP contribution in [0, 0.1) is 0 Å². The standard InChI is InChI=1S/C29H34ClF3N4OS/c1-21-7-2-3-13-37(21)14-6-12-34-28(38)26-20-39-27(35-26)19-36(18-23-9-5-11-25(30)16-23)17-22-8-4-10-24(15-22)29(31,32)33/h4-5,8-11,15-16,20-21H,2-3,6-7,12-14,17-19H2,1H3,(H,34,38). The van der Waals surface area contributed by atoms with Gasteiger partial charge in [0.2, 0.25) is 0 Å². The van der Waals surface area contributed by atoms with E-state index in [1.54, 1.807) is 17.5 Å². The number of alkyl halides is 3. The predicted molar refractivity (Wildman–Crippen MR) is 150 cm³/mol. The number of carbonyl (C=O) groups is 1. The zero-order valence-electron chi connectivity index (χ0n) is 22.0. The Kier molecular flexibility index (Phi) is 10.4. The van der Waals surface area contributed by atoms with Gasteiger partial charge in [0.25, 0.3) is 5.91 Å². The number of likely N-dealkylation sites (tertiary alicyclic amines) is 1. The molecule has 1 saturated heterocycles. The number of carbonyl (C=O) groups excluding carboxylic acids is 1. The van der Waals surface area contributed by atoms with Gasteiger partial charge in [-0.3, -0.25) is 9.69 Å². The maximum atomic E-state index is 13.3. The molecule has 0 radical (unpaired) electrons. The van der Waals surface area contributed by atoms with E-state index in [1.165, 1.54) is 42.7 Å². The Labute approximate surface area is 237 Å². The molecule has 1 aliphatic rings. The van der Waals surface area contributed by atoms with Crippen molar-refractivity contribution in [3.8, 4) is 0 Å². The molecule has 5 nitrogen and oxygen atoms in total. The molecule has 0 aliphatic carbocycles. The van der Waals surface area contributed by atoms with E-state index in [2.05, 4.69) is 22.1 Å². The zero-order chi connectivity index (χ0) is 27.8. The summed E-state index contributed by atoms with van der Waals surface area (Å²) in [6.45, 7) is 6.07. The molecule has 0 spiro atoms. The first-order chi connectivity index (χ1) is 18.7. The normalized spacial score (nSPS) is 16.5. The van der Waals surface area contributed by atoms with Gasteiger partial charge in [0.1, 0.15) is 10.7 Å². The lowest BCUT2D eigenvalue weighted by Gasteiger charge is -2.33. The van der Waals surface area contributed by atoms with Crippen LogP contribution in [-0.4, -0.2) is 46.4 Å². The second kappa shape index (κ2) is 13.7. The van der Waals surface area contributed by atoms with Crippen molar-refractivity contribution in [3.05, 3.63) is 86.3 Å². The third kappa shape index (κ3) is 9.03. The maximum absolute atomic E-state index is 13.3. The number of hydrogen-bond acceptors (Lipinski definition) is 5. The molecule has 0 bridgehead atoms. The Bertz CT molecular complexity index is 1230. The number of hydrogen-bond donors (Lipinski definition) is 1. The minimum Gasteiger partial charge on any atom is -0.351 e. The lowest BCUT2D eigenvalue weighted by molar-refractivity contribution is -0.137. The highest BCUT2D eigenvalue weighted by Crippen LogP contribution is 2.30. The smallest absolute Gasteiger partial charge is 0.351 e. The van der Waals surface area contributed by atoms with Crippen molar-refractivity contribution < 1.29 is 18.0 Å². The molecule has 1 aromatic heterocycles. The molecule has 1 atom stereocenters. The number of nitrogens with zero attached hydrogens (tertiary/aromatic N) is 3. The Balaban J connectivity index is 1.38. The van der Waals surface area contributed by atoms with Crippen molar-refractivity contribution in [1.29, 1.82) is 0 Å². The maximum Gasteiger partial charge on any atom is 0.416 e. The Morgan fingerprint density at radius 3 is 2.59 bits per heavy atom. The second-order valence-corrected chi connectivity index (χ2v) is 11.5. The fourth-order valence-electron chi connectivity index (χ4n) is 4.91. The fraction of sp³-hybridized carbons (Fsp3) is 0.448. The Morgan fingerprint density at radius 1 is 1.13 bits per heavy atom. The van der Waals surface area contributed by atoms with Gasteiger partial charge in [-0.1, -0.05) is 48.4 Å². The average Bonchev–Trinajstić information content (AvgIpc) is 3.36. The highest BCUT2D eigenvalue weighted by Gasteiger charge is 2.30. The van der Waals surface area contributed by atoms with Crippen LogP contribution >= 0.6 is 22.9 Å². The molecule has 1 unspecified atom stereocenters. The average molecular weight is 579 g/mol. The summed E-state index contributed by atoms with van der Waals surface area (Å²) in [7, 11) is 0. The third-order valence-corrected chi connectivity index (χ3v) is 8.02. The molecule has 10 heteroatoms.